The van der Waals surface area contributed by atoms with Gasteiger partial charge in [0.25, 0.3) is 9.84 Å². The van der Waals surface area contributed by atoms with Crippen LogP contribution in [0.15, 0.2) is 53.4 Å². The first-order valence-corrected chi connectivity index (χ1v) is 21.1. The minimum atomic E-state index is -5.64. The van der Waals surface area contributed by atoms with Gasteiger partial charge in [-0.15, -0.1) is 11.3 Å². The number of fused-ring (bicyclic) bond motifs is 1. The quantitative estimate of drug-likeness (QED) is 0.196. The largest absolute Gasteiger partial charge is 0.544 e. The van der Waals surface area contributed by atoms with Crippen molar-refractivity contribution in [3.05, 3.63) is 75.0 Å². The first-order chi connectivity index (χ1) is 22.0. The van der Waals surface area contributed by atoms with Gasteiger partial charge in [-0.05, 0) is 110 Å². The number of ketones is 1. The smallest absolute Gasteiger partial charge is 0.501 e. The Morgan fingerprint density at radius 1 is 0.915 bits per heavy atom. The molecule has 0 bridgehead atoms. The molecule has 0 atom stereocenters. The highest BCUT2D eigenvalue weighted by Gasteiger charge is 2.49. The van der Waals surface area contributed by atoms with Gasteiger partial charge in [0.1, 0.15) is 18.1 Å². The van der Waals surface area contributed by atoms with Gasteiger partial charge >= 0.3 is 5.51 Å². The topological polar surface area (TPSA) is 72.9 Å². The third-order valence-electron chi connectivity index (χ3n) is 9.31. The first-order valence-electron chi connectivity index (χ1n) is 15.9. The van der Waals surface area contributed by atoms with Gasteiger partial charge in [0.15, 0.2) is 5.78 Å². The number of hydrogen-bond acceptors (Lipinski definition) is 7. The zero-order valence-corrected chi connectivity index (χ0v) is 30.1. The molecule has 254 valence electrons. The summed E-state index contributed by atoms with van der Waals surface area (Å²) in [5.41, 5.74) is -2.90. The molecule has 47 heavy (non-hydrogen) atoms. The number of ether oxygens (including phenoxy) is 1. The summed E-state index contributed by atoms with van der Waals surface area (Å²) in [5, 5.41) is 0.000698. The van der Waals surface area contributed by atoms with E-state index >= 15 is 0 Å². The number of halogens is 3. The summed E-state index contributed by atoms with van der Waals surface area (Å²) in [5.74, 6) is 0.809. The van der Waals surface area contributed by atoms with Crippen LogP contribution in [0.25, 0.3) is 16.5 Å². The van der Waals surface area contributed by atoms with Crippen molar-refractivity contribution in [1.29, 1.82) is 0 Å². The van der Waals surface area contributed by atoms with Gasteiger partial charge in [0.2, 0.25) is 8.32 Å². The number of nitrogens with zero attached hydrogens (tertiary/aromatic N) is 1. The van der Waals surface area contributed by atoms with Crippen LogP contribution in [0.5, 0.6) is 11.5 Å². The second kappa shape index (κ2) is 13.5. The number of hydrogen-bond donors (Lipinski definition) is 0. The standard InChI is InChI=1S/C35H42F3NO5S2Si/c1-34(2,3)47(4,5)44-27-15-11-25(12-16-27)33-29(32-30(40)22-28(23-31(32)45-33)46(41,42)35(36,37)38)21-24-9-13-26(14-10-24)43-20-19-39-17-7-6-8-18-39/h9-16,23H,6-8,17-22H2,1-5H3. The Hall–Kier alpha value is -2.93. The highest BCUT2D eigenvalue weighted by molar-refractivity contribution is 7.96. The highest BCUT2D eigenvalue weighted by Crippen LogP contribution is 2.45. The normalized spacial score (nSPS) is 16.5. The van der Waals surface area contributed by atoms with Gasteiger partial charge < -0.3 is 9.16 Å². The van der Waals surface area contributed by atoms with E-state index in [2.05, 4.69) is 38.8 Å². The number of piperidine rings is 1. The van der Waals surface area contributed by atoms with E-state index in [9.17, 15) is 26.4 Å². The van der Waals surface area contributed by atoms with Crippen molar-refractivity contribution < 1.29 is 35.5 Å². The van der Waals surface area contributed by atoms with E-state index in [-0.39, 0.29) is 15.5 Å². The molecule has 5 rings (SSSR count). The van der Waals surface area contributed by atoms with E-state index in [1.165, 1.54) is 19.3 Å². The molecule has 2 aromatic carbocycles. The first kappa shape index (κ1) is 35.4. The lowest BCUT2D eigenvalue weighted by Gasteiger charge is -2.36. The van der Waals surface area contributed by atoms with Crippen LogP contribution in [0.1, 0.15) is 72.8 Å². The molecule has 0 unspecified atom stereocenters. The fourth-order valence-corrected chi connectivity index (χ4v) is 8.87. The number of allylic oxidation sites excluding steroid dienone is 1. The summed E-state index contributed by atoms with van der Waals surface area (Å²) < 4.78 is 77.2. The fourth-order valence-electron chi connectivity index (χ4n) is 5.56. The molecule has 1 fully saturated rings. The monoisotopic (exact) mass is 705 g/mol. The van der Waals surface area contributed by atoms with Crippen molar-refractivity contribution in [3.63, 3.8) is 0 Å². The SMILES string of the molecule is CC(C)(C)[Si](C)(C)Oc1ccc(-c2sc3c(c2Cc2ccc(OCCN4CCCCC4)cc2)C(=O)CC(S(=O)(=O)C(F)(F)F)=C3)cc1. The Kier molecular flexibility index (Phi) is 10.2. The van der Waals surface area contributed by atoms with Crippen molar-refractivity contribution in [1.82, 2.24) is 4.90 Å². The zero-order chi connectivity index (χ0) is 34.2. The molecule has 1 aliphatic heterocycles. The van der Waals surface area contributed by atoms with E-state index in [0.717, 1.165) is 53.9 Å². The Bertz CT molecular complexity index is 1730. The zero-order valence-electron chi connectivity index (χ0n) is 27.5. The van der Waals surface area contributed by atoms with E-state index in [1.807, 2.05) is 48.5 Å². The minimum absolute atomic E-state index is 0.000698. The average molecular weight is 706 g/mol. The van der Waals surface area contributed by atoms with Crippen molar-refractivity contribution in [2.24, 2.45) is 0 Å². The van der Waals surface area contributed by atoms with Gasteiger partial charge in [-0.1, -0.05) is 39.3 Å². The summed E-state index contributed by atoms with van der Waals surface area (Å²) in [6.45, 7) is 14.4. The summed E-state index contributed by atoms with van der Waals surface area (Å²) in [6, 6.07) is 15.1. The molecule has 0 saturated carbocycles. The van der Waals surface area contributed by atoms with Crippen LogP contribution in [-0.2, 0) is 16.3 Å². The number of rotatable bonds is 10. The van der Waals surface area contributed by atoms with Crippen LogP contribution in [0, 0.1) is 0 Å². The molecule has 0 N–H and O–H groups in total. The molecule has 3 aromatic rings. The van der Waals surface area contributed by atoms with Gasteiger partial charge in [-0.2, -0.15) is 13.2 Å². The summed E-state index contributed by atoms with van der Waals surface area (Å²) in [4.78, 5) is 15.8. The number of carbonyl (C=O) groups excluding carboxylic acids is 1. The van der Waals surface area contributed by atoms with Gasteiger partial charge in [0.05, 0.1) is 4.91 Å². The van der Waals surface area contributed by atoms with Crippen molar-refractivity contribution in [3.8, 4) is 21.9 Å². The third-order valence-corrected chi connectivity index (χ3v) is 16.5. The number of alkyl halides is 3. The number of sulfone groups is 1. The van der Waals surface area contributed by atoms with Crippen molar-refractivity contribution in [2.45, 2.75) is 76.5 Å². The fraction of sp³-hybridized carbons (Fsp3) is 0.457. The molecular formula is C35H42F3NO5S2Si. The molecule has 2 aliphatic rings. The van der Waals surface area contributed by atoms with Gasteiger partial charge in [-0.3, -0.25) is 9.69 Å². The molecule has 1 saturated heterocycles. The second-order valence-electron chi connectivity index (χ2n) is 13.8. The Balaban J connectivity index is 1.45. The Morgan fingerprint density at radius 2 is 1.53 bits per heavy atom. The second-order valence-corrected chi connectivity index (χ2v) is 21.5. The van der Waals surface area contributed by atoms with Crippen LogP contribution in [0.2, 0.25) is 18.1 Å². The summed E-state index contributed by atoms with van der Waals surface area (Å²) >= 11 is 1.13. The molecule has 1 aromatic heterocycles. The maximum absolute atomic E-state index is 13.4. The predicted molar refractivity (Wildman–Crippen MR) is 185 cm³/mol. The van der Waals surface area contributed by atoms with E-state index in [1.54, 1.807) is 0 Å². The third kappa shape index (κ3) is 7.87. The lowest BCUT2D eigenvalue weighted by molar-refractivity contribution is -0.0426. The van der Waals surface area contributed by atoms with Crippen LogP contribution >= 0.6 is 11.3 Å². The van der Waals surface area contributed by atoms with Crippen LogP contribution < -0.4 is 9.16 Å². The maximum Gasteiger partial charge on any atom is 0.501 e. The molecule has 6 nitrogen and oxygen atoms in total. The van der Waals surface area contributed by atoms with Gasteiger partial charge in [0, 0.05) is 28.3 Å². The molecule has 0 radical (unpaired) electrons. The van der Waals surface area contributed by atoms with E-state index in [0.29, 0.717) is 29.2 Å². The number of benzene rings is 2. The molecule has 0 amide bonds. The maximum atomic E-state index is 13.4. The summed E-state index contributed by atoms with van der Waals surface area (Å²) in [6.07, 6.45) is 4.23. The predicted octanol–water partition coefficient (Wildman–Crippen LogP) is 9.12. The number of carbonyl (C=O) groups is 1. The number of thiophene rings is 1. The van der Waals surface area contributed by atoms with Crippen molar-refractivity contribution in [2.75, 3.05) is 26.2 Å². The summed E-state index contributed by atoms with van der Waals surface area (Å²) in [7, 11) is -7.74. The Morgan fingerprint density at radius 3 is 2.13 bits per heavy atom. The molecule has 0 spiro atoms. The molecule has 2 heterocycles. The van der Waals surface area contributed by atoms with Gasteiger partial charge in [-0.25, -0.2) is 8.42 Å². The Labute approximate surface area is 280 Å². The lowest BCUT2D eigenvalue weighted by atomic mass is 9.92. The van der Waals surface area contributed by atoms with Crippen molar-refractivity contribution >= 4 is 41.4 Å². The molecule has 12 heteroatoms. The molecular weight excluding hydrogens is 664 g/mol. The van der Waals surface area contributed by atoms with E-state index in [4.69, 9.17) is 9.16 Å². The minimum Gasteiger partial charge on any atom is -0.544 e. The van der Waals surface area contributed by atoms with E-state index < -0.39 is 40.8 Å². The average Bonchev–Trinajstić information content (AvgIpc) is 3.36. The number of Topliss-reactive ketones (excluding diaryl/α,β-unsaturated/α-hetero) is 1. The lowest BCUT2D eigenvalue weighted by Crippen LogP contribution is -2.43. The van der Waals surface area contributed by atoms with Crippen LogP contribution in [0.4, 0.5) is 13.2 Å². The number of likely N-dealkylation sites (tertiary alicyclic amines) is 1. The highest BCUT2D eigenvalue weighted by atomic mass is 32.2. The molecule has 1 aliphatic carbocycles. The van der Waals surface area contributed by atoms with Crippen LogP contribution in [-0.4, -0.2) is 59.2 Å². The van der Waals surface area contributed by atoms with Crippen LogP contribution in [0.3, 0.4) is 0 Å².